The molecule has 0 aliphatic carbocycles. The third-order valence-corrected chi connectivity index (χ3v) is 4.69. The van der Waals surface area contributed by atoms with Gasteiger partial charge in [0.25, 0.3) is 5.69 Å². The van der Waals surface area contributed by atoms with Crippen LogP contribution in [0.4, 0.5) is 17.1 Å². The summed E-state index contributed by atoms with van der Waals surface area (Å²) >= 11 is 0. The summed E-state index contributed by atoms with van der Waals surface area (Å²) < 4.78 is 0. The summed E-state index contributed by atoms with van der Waals surface area (Å²) in [7, 11) is 3.96. The van der Waals surface area contributed by atoms with Crippen molar-refractivity contribution in [2.75, 3.05) is 26.0 Å². The standard InChI is InChI=1S/C23H24N4O3/c1-26(2)16-8-13-20-22(21(27(29)30)14-15-24-20)25-19-12-7-6-11-18(19)23(28)17-9-4-3-5-10-17/h3-7,9-12,14-15,25H,8,13,16H2,1-2H3. The van der Waals surface area contributed by atoms with Crippen LogP contribution in [0.25, 0.3) is 0 Å². The highest BCUT2D eigenvalue weighted by Crippen LogP contribution is 2.32. The first kappa shape index (κ1) is 21.1. The smallest absolute Gasteiger partial charge is 0.296 e. The van der Waals surface area contributed by atoms with Crippen molar-refractivity contribution in [2.45, 2.75) is 12.8 Å². The molecule has 2 aromatic carbocycles. The number of carbonyl (C=O) groups is 1. The first-order valence-electron chi connectivity index (χ1n) is 9.70. The highest BCUT2D eigenvalue weighted by atomic mass is 16.6. The van der Waals surface area contributed by atoms with Crippen LogP contribution in [0.1, 0.15) is 28.0 Å². The van der Waals surface area contributed by atoms with E-state index in [-0.39, 0.29) is 11.5 Å². The lowest BCUT2D eigenvalue weighted by Gasteiger charge is -2.15. The topological polar surface area (TPSA) is 88.4 Å². The molecule has 154 valence electrons. The Morgan fingerprint density at radius 2 is 1.77 bits per heavy atom. The summed E-state index contributed by atoms with van der Waals surface area (Å²) in [5.74, 6) is -0.153. The van der Waals surface area contributed by atoms with E-state index in [1.54, 1.807) is 48.5 Å². The molecule has 0 amide bonds. The zero-order chi connectivity index (χ0) is 21.5. The molecule has 0 saturated carbocycles. The minimum absolute atomic E-state index is 0.0631. The number of rotatable bonds is 9. The van der Waals surface area contributed by atoms with Gasteiger partial charge in [-0.25, -0.2) is 0 Å². The Hall–Kier alpha value is -3.58. The second-order valence-corrected chi connectivity index (χ2v) is 7.18. The van der Waals surface area contributed by atoms with Gasteiger partial charge >= 0.3 is 0 Å². The molecule has 0 aliphatic heterocycles. The summed E-state index contributed by atoms with van der Waals surface area (Å²) in [5, 5.41) is 14.8. The van der Waals surface area contributed by atoms with Gasteiger partial charge in [0, 0.05) is 29.1 Å². The van der Waals surface area contributed by atoms with E-state index in [4.69, 9.17) is 0 Å². The van der Waals surface area contributed by atoms with Crippen molar-refractivity contribution in [2.24, 2.45) is 0 Å². The van der Waals surface area contributed by atoms with E-state index in [9.17, 15) is 14.9 Å². The summed E-state index contributed by atoms with van der Waals surface area (Å²) in [5.41, 5.74) is 2.38. The first-order chi connectivity index (χ1) is 14.5. The van der Waals surface area contributed by atoms with E-state index >= 15 is 0 Å². The zero-order valence-electron chi connectivity index (χ0n) is 17.0. The number of hydrogen-bond acceptors (Lipinski definition) is 6. The van der Waals surface area contributed by atoms with E-state index in [1.165, 1.54) is 12.3 Å². The van der Waals surface area contributed by atoms with Crippen LogP contribution in [0, 0.1) is 10.1 Å². The molecule has 0 unspecified atom stereocenters. The number of aryl methyl sites for hydroxylation is 1. The Kier molecular flexibility index (Phi) is 6.87. The Morgan fingerprint density at radius 1 is 1.07 bits per heavy atom. The predicted molar refractivity (Wildman–Crippen MR) is 117 cm³/mol. The molecule has 1 N–H and O–H groups in total. The molecule has 3 aromatic rings. The van der Waals surface area contributed by atoms with Gasteiger partial charge in [-0.1, -0.05) is 42.5 Å². The number of nitrogens with zero attached hydrogens (tertiary/aromatic N) is 3. The normalized spacial score (nSPS) is 10.8. The van der Waals surface area contributed by atoms with Crippen LogP contribution in [0.2, 0.25) is 0 Å². The van der Waals surface area contributed by atoms with Crippen LogP contribution in [0.5, 0.6) is 0 Å². The maximum absolute atomic E-state index is 13.0. The Balaban J connectivity index is 1.98. The first-order valence-corrected chi connectivity index (χ1v) is 9.70. The van der Waals surface area contributed by atoms with Crippen LogP contribution in [-0.2, 0) is 6.42 Å². The molecule has 7 nitrogen and oxygen atoms in total. The van der Waals surface area contributed by atoms with Crippen molar-refractivity contribution in [1.29, 1.82) is 0 Å². The number of benzene rings is 2. The van der Waals surface area contributed by atoms with Gasteiger partial charge in [-0.05, 0) is 45.6 Å². The number of para-hydroxylation sites is 1. The molecule has 1 heterocycles. The van der Waals surface area contributed by atoms with Crippen LogP contribution in [-0.4, -0.2) is 41.2 Å². The van der Waals surface area contributed by atoms with Crippen LogP contribution in [0.15, 0.2) is 66.9 Å². The fourth-order valence-electron chi connectivity index (χ4n) is 3.20. The number of nitro groups is 1. The number of aromatic nitrogens is 1. The average Bonchev–Trinajstić information content (AvgIpc) is 2.75. The Labute approximate surface area is 175 Å². The molecule has 0 spiro atoms. The van der Waals surface area contributed by atoms with E-state index in [1.807, 2.05) is 20.2 Å². The van der Waals surface area contributed by atoms with Crippen molar-refractivity contribution >= 4 is 22.8 Å². The largest absolute Gasteiger partial charge is 0.348 e. The second kappa shape index (κ2) is 9.76. The summed E-state index contributed by atoms with van der Waals surface area (Å²) in [4.78, 5) is 30.7. The second-order valence-electron chi connectivity index (χ2n) is 7.18. The molecule has 0 saturated heterocycles. The lowest BCUT2D eigenvalue weighted by Crippen LogP contribution is -2.14. The highest BCUT2D eigenvalue weighted by Gasteiger charge is 2.21. The van der Waals surface area contributed by atoms with Gasteiger partial charge in [-0.3, -0.25) is 19.9 Å². The van der Waals surface area contributed by atoms with Gasteiger partial charge in [0.15, 0.2) is 5.78 Å². The number of pyridine rings is 1. The van der Waals surface area contributed by atoms with Gasteiger partial charge in [0.1, 0.15) is 5.69 Å². The molecular weight excluding hydrogens is 380 g/mol. The molecule has 30 heavy (non-hydrogen) atoms. The average molecular weight is 404 g/mol. The number of anilines is 2. The van der Waals surface area contributed by atoms with Crippen LogP contribution >= 0.6 is 0 Å². The molecule has 0 atom stereocenters. The molecule has 7 heteroatoms. The van der Waals surface area contributed by atoms with Gasteiger partial charge in [0.2, 0.25) is 0 Å². The monoisotopic (exact) mass is 404 g/mol. The van der Waals surface area contributed by atoms with Crippen LogP contribution in [0.3, 0.4) is 0 Å². The SMILES string of the molecule is CN(C)CCCc1nccc([N+](=O)[O-])c1Nc1ccccc1C(=O)c1ccccc1. The number of ketones is 1. The molecular formula is C23H24N4O3. The number of nitrogens with one attached hydrogen (secondary N) is 1. The Bertz CT molecular complexity index is 1040. The van der Waals surface area contributed by atoms with Crippen LogP contribution < -0.4 is 5.32 Å². The van der Waals surface area contributed by atoms with Gasteiger partial charge < -0.3 is 10.2 Å². The maximum Gasteiger partial charge on any atom is 0.296 e. The van der Waals surface area contributed by atoms with Crippen molar-refractivity contribution in [3.05, 3.63) is 93.8 Å². The third kappa shape index (κ3) is 5.07. The predicted octanol–water partition coefficient (Wildman–Crippen LogP) is 4.46. The fourth-order valence-corrected chi connectivity index (χ4v) is 3.20. The van der Waals surface area contributed by atoms with E-state index in [2.05, 4.69) is 15.2 Å². The van der Waals surface area contributed by atoms with E-state index in [0.717, 1.165) is 13.0 Å². The zero-order valence-corrected chi connectivity index (χ0v) is 17.0. The quantitative estimate of drug-likeness (QED) is 0.322. The van der Waals surface area contributed by atoms with Crippen molar-refractivity contribution in [3.8, 4) is 0 Å². The van der Waals surface area contributed by atoms with E-state index < -0.39 is 4.92 Å². The Morgan fingerprint density at radius 3 is 2.47 bits per heavy atom. The van der Waals surface area contributed by atoms with Crippen molar-refractivity contribution in [1.82, 2.24) is 9.88 Å². The molecule has 0 bridgehead atoms. The number of hydrogen-bond donors (Lipinski definition) is 1. The minimum Gasteiger partial charge on any atom is -0.348 e. The molecule has 0 fully saturated rings. The van der Waals surface area contributed by atoms with Crippen molar-refractivity contribution < 1.29 is 9.72 Å². The molecule has 3 rings (SSSR count). The lowest BCUT2D eigenvalue weighted by atomic mass is 10.0. The lowest BCUT2D eigenvalue weighted by molar-refractivity contribution is -0.384. The summed E-state index contributed by atoms with van der Waals surface area (Å²) in [6, 6.07) is 17.4. The number of carbonyl (C=O) groups excluding carboxylic acids is 1. The van der Waals surface area contributed by atoms with Gasteiger partial charge in [0.05, 0.1) is 10.6 Å². The third-order valence-electron chi connectivity index (χ3n) is 4.69. The molecule has 0 radical (unpaired) electrons. The highest BCUT2D eigenvalue weighted by molar-refractivity contribution is 6.12. The van der Waals surface area contributed by atoms with Gasteiger partial charge in [-0.15, -0.1) is 0 Å². The van der Waals surface area contributed by atoms with Crippen molar-refractivity contribution in [3.63, 3.8) is 0 Å². The maximum atomic E-state index is 13.0. The fraction of sp³-hybridized carbons (Fsp3) is 0.217. The van der Waals surface area contributed by atoms with E-state index in [0.29, 0.717) is 34.6 Å². The molecule has 0 aliphatic rings. The summed E-state index contributed by atoms with van der Waals surface area (Å²) in [6.07, 6.45) is 2.84. The summed E-state index contributed by atoms with van der Waals surface area (Å²) in [6.45, 7) is 0.840. The molecule has 1 aromatic heterocycles. The minimum atomic E-state index is -0.429. The van der Waals surface area contributed by atoms with Gasteiger partial charge in [-0.2, -0.15) is 0 Å².